The quantitative estimate of drug-likeness (QED) is 0.883. The van der Waals surface area contributed by atoms with Crippen LogP contribution in [-0.2, 0) is 0 Å². The fourth-order valence-corrected chi connectivity index (χ4v) is 1.99. The van der Waals surface area contributed by atoms with Crippen LogP contribution >= 0.6 is 0 Å². The summed E-state index contributed by atoms with van der Waals surface area (Å²) in [6, 6.07) is 12.6. The van der Waals surface area contributed by atoms with E-state index in [9.17, 15) is 4.39 Å². The molecule has 100 valence electrons. The predicted octanol–water partition coefficient (Wildman–Crippen LogP) is 4.32. The van der Waals surface area contributed by atoms with Crippen LogP contribution in [0.3, 0.4) is 0 Å². The van der Waals surface area contributed by atoms with Gasteiger partial charge in [-0.1, -0.05) is 18.2 Å². The lowest BCUT2D eigenvalue weighted by Crippen LogP contribution is -2.07. The van der Waals surface area contributed by atoms with Gasteiger partial charge in [-0.15, -0.1) is 0 Å². The second-order valence-electron chi connectivity index (χ2n) is 4.62. The van der Waals surface area contributed by atoms with Crippen LogP contribution in [0.2, 0.25) is 0 Å². The summed E-state index contributed by atoms with van der Waals surface area (Å²) in [6.07, 6.45) is 0. The Morgan fingerprint density at radius 1 is 1.11 bits per heavy atom. The van der Waals surface area contributed by atoms with E-state index in [-0.39, 0.29) is 11.9 Å². The Balaban J connectivity index is 2.18. The Bertz CT molecular complexity index is 551. The molecule has 0 aromatic heterocycles. The van der Waals surface area contributed by atoms with E-state index in [1.807, 2.05) is 32.0 Å². The Hall–Kier alpha value is -2.03. The number of ether oxygens (including phenoxy) is 1. The molecule has 1 atom stereocenters. The van der Waals surface area contributed by atoms with Crippen molar-refractivity contribution in [3.8, 4) is 5.75 Å². The molecule has 1 N–H and O–H groups in total. The first kappa shape index (κ1) is 13.4. The minimum Gasteiger partial charge on any atom is -0.495 e. The molecule has 19 heavy (non-hydrogen) atoms. The van der Waals surface area contributed by atoms with Gasteiger partial charge in [0, 0.05) is 6.04 Å². The summed E-state index contributed by atoms with van der Waals surface area (Å²) >= 11 is 0. The maximum Gasteiger partial charge on any atom is 0.142 e. The zero-order valence-corrected chi connectivity index (χ0v) is 11.4. The molecule has 2 rings (SSSR count). The number of benzene rings is 2. The van der Waals surface area contributed by atoms with Crippen LogP contribution in [0, 0.1) is 12.7 Å². The highest BCUT2D eigenvalue weighted by molar-refractivity contribution is 5.58. The van der Waals surface area contributed by atoms with Crippen molar-refractivity contribution in [2.24, 2.45) is 0 Å². The molecule has 0 bridgehead atoms. The van der Waals surface area contributed by atoms with Crippen LogP contribution < -0.4 is 10.1 Å². The van der Waals surface area contributed by atoms with Gasteiger partial charge in [0.1, 0.15) is 11.6 Å². The summed E-state index contributed by atoms with van der Waals surface area (Å²) in [4.78, 5) is 0. The van der Waals surface area contributed by atoms with E-state index in [0.29, 0.717) is 0 Å². The molecule has 2 aromatic carbocycles. The van der Waals surface area contributed by atoms with E-state index in [1.54, 1.807) is 19.2 Å². The number of hydrogen-bond donors (Lipinski definition) is 1. The Morgan fingerprint density at radius 3 is 2.42 bits per heavy atom. The third kappa shape index (κ3) is 3.25. The number of aryl methyl sites for hydroxylation is 1. The van der Waals surface area contributed by atoms with Gasteiger partial charge in [-0.25, -0.2) is 4.39 Å². The molecular formula is C16H18FNO. The first-order chi connectivity index (χ1) is 9.10. The average Bonchev–Trinajstić information content (AvgIpc) is 2.41. The molecule has 0 saturated carbocycles. The third-order valence-electron chi connectivity index (χ3n) is 3.10. The van der Waals surface area contributed by atoms with Gasteiger partial charge < -0.3 is 10.1 Å². The van der Waals surface area contributed by atoms with Crippen LogP contribution in [0.4, 0.5) is 10.1 Å². The van der Waals surface area contributed by atoms with Crippen LogP contribution in [-0.4, -0.2) is 7.11 Å². The van der Waals surface area contributed by atoms with Gasteiger partial charge in [0.15, 0.2) is 0 Å². The van der Waals surface area contributed by atoms with E-state index >= 15 is 0 Å². The smallest absolute Gasteiger partial charge is 0.142 e. The summed E-state index contributed by atoms with van der Waals surface area (Å²) in [6.45, 7) is 4.06. The summed E-state index contributed by atoms with van der Waals surface area (Å²) in [5.41, 5.74) is 3.12. The molecule has 2 nitrogen and oxygen atoms in total. The largest absolute Gasteiger partial charge is 0.495 e. The monoisotopic (exact) mass is 259 g/mol. The van der Waals surface area contributed by atoms with E-state index in [2.05, 4.69) is 5.32 Å². The molecule has 0 spiro atoms. The molecule has 1 unspecified atom stereocenters. The molecule has 0 heterocycles. The SMILES string of the molecule is COc1cc(C)ccc1NC(C)c1ccc(F)cc1. The Labute approximate surface area is 113 Å². The lowest BCUT2D eigenvalue weighted by molar-refractivity contribution is 0.416. The fraction of sp³-hybridized carbons (Fsp3) is 0.250. The molecule has 0 aliphatic rings. The molecule has 0 radical (unpaired) electrons. The number of anilines is 1. The molecule has 3 heteroatoms. The molecule has 2 aromatic rings. The highest BCUT2D eigenvalue weighted by atomic mass is 19.1. The molecule has 0 fully saturated rings. The van der Waals surface area contributed by atoms with Crippen molar-refractivity contribution in [1.29, 1.82) is 0 Å². The third-order valence-corrected chi connectivity index (χ3v) is 3.10. The standard InChI is InChI=1S/C16H18FNO/c1-11-4-9-15(16(10-11)19-3)18-12(2)13-5-7-14(17)8-6-13/h4-10,12,18H,1-3H3. The lowest BCUT2D eigenvalue weighted by atomic mass is 10.1. The Morgan fingerprint density at radius 2 is 1.79 bits per heavy atom. The van der Waals surface area contributed by atoms with E-state index in [0.717, 1.165) is 22.6 Å². The molecular weight excluding hydrogens is 241 g/mol. The minimum atomic E-state index is -0.219. The molecule has 0 amide bonds. The van der Waals surface area contributed by atoms with E-state index in [1.165, 1.54) is 12.1 Å². The van der Waals surface area contributed by atoms with Crippen molar-refractivity contribution < 1.29 is 9.13 Å². The molecule has 0 saturated heterocycles. The van der Waals surface area contributed by atoms with Crippen molar-refractivity contribution in [2.45, 2.75) is 19.9 Å². The van der Waals surface area contributed by atoms with Crippen molar-refractivity contribution >= 4 is 5.69 Å². The van der Waals surface area contributed by atoms with Crippen molar-refractivity contribution in [1.82, 2.24) is 0 Å². The zero-order chi connectivity index (χ0) is 13.8. The highest BCUT2D eigenvalue weighted by Gasteiger charge is 2.09. The van der Waals surface area contributed by atoms with Crippen molar-refractivity contribution in [3.05, 3.63) is 59.4 Å². The van der Waals surface area contributed by atoms with Gasteiger partial charge in [0.25, 0.3) is 0 Å². The zero-order valence-electron chi connectivity index (χ0n) is 11.4. The van der Waals surface area contributed by atoms with Gasteiger partial charge in [-0.3, -0.25) is 0 Å². The topological polar surface area (TPSA) is 21.3 Å². The van der Waals surface area contributed by atoms with Crippen LogP contribution in [0.25, 0.3) is 0 Å². The second-order valence-corrected chi connectivity index (χ2v) is 4.62. The maximum atomic E-state index is 12.9. The van der Waals surface area contributed by atoms with Gasteiger partial charge in [0.2, 0.25) is 0 Å². The van der Waals surface area contributed by atoms with E-state index < -0.39 is 0 Å². The number of halogens is 1. The first-order valence-electron chi connectivity index (χ1n) is 6.27. The summed E-state index contributed by atoms with van der Waals surface area (Å²) in [5, 5.41) is 3.38. The van der Waals surface area contributed by atoms with Crippen molar-refractivity contribution in [3.63, 3.8) is 0 Å². The lowest BCUT2D eigenvalue weighted by Gasteiger charge is -2.18. The predicted molar refractivity (Wildman–Crippen MR) is 76.2 cm³/mol. The van der Waals surface area contributed by atoms with Crippen molar-refractivity contribution in [2.75, 3.05) is 12.4 Å². The number of hydrogen-bond acceptors (Lipinski definition) is 2. The fourth-order valence-electron chi connectivity index (χ4n) is 1.99. The first-order valence-corrected chi connectivity index (χ1v) is 6.27. The Kier molecular flexibility index (Phi) is 4.05. The number of nitrogens with one attached hydrogen (secondary N) is 1. The average molecular weight is 259 g/mol. The van der Waals surface area contributed by atoms with Gasteiger partial charge >= 0.3 is 0 Å². The molecule has 0 aliphatic heterocycles. The summed E-state index contributed by atoms with van der Waals surface area (Å²) < 4.78 is 18.3. The molecule has 0 aliphatic carbocycles. The summed E-state index contributed by atoms with van der Waals surface area (Å²) in [7, 11) is 1.66. The highest BCUT2D eigenvalue weighted by Crippen LogP contribution is 2.29. The summed E-state index contributed by atoms with van der Waals surface area (Å²) in [5.74, 6) is 0.595. The minimum absolute atomic E-state index is 0.0807. The van der Waals surface area contributed by atoms with Crippen LogP contribution in [0.15, 0.2) is 42.5 Å². The number of methoxy groups -OCH3 is 1. The normalized spacial score (nSPS) is 12.0. The van der Waals surface area contributed by atoms with Gasteiger partial charge in [-0.2, -0.15) is 0 Å². The van der Waals surface area contributed by atoms with Crippen LogP contribution in [0.1, 0.15) is 24.1 Å². The van der Waals surface area contributed by atoms with Gasteiger partial charge in [0.05, 0.1) is 12.8 Å². The second kappa shape index (κ2) is 5.74. The maximum absolute atomic E-state index is 12.9. The van der Waals surface area contributed by atoms with Gasteiger partial charge in [-0.05, 0) is 49.2 Å². The number of rotatable bonds is 4. The van der Waals surface area contributed by atoms with Crippen LogP contribution in [0.5, 0.6) is 5.75 Å². The van der Waals surface area contributed by atoms with E-state index in [4.69, 9.17) is 4.74 Å².